The van der Waals surface area contributed by atoms with E-state index in [2.05, 4.69) is 34.3 Å². The zero-order valence-corrected chi connectivity index (χ0v) is 14.6. The lowest BCUT2D eigenvalue weighted by molar-refractivity contribution is -0.121. The van der Waals surface area contributed by atoms with Crippen LogP contribution in [0.25, 0.3) is 0 Å². The fourth-order valence-electron chi connectivity index (χ4n) is 2.83. The number of hydrogen-bond acceptors (Lipinski definition) is 3. The molecular formula is C19H25N3O2. The Kier molecular flexibility index (Phi) is 6.29. The van der Waals surface area contributed by atoms with Crippen molar-refractivity contribution >= 4 is 5.91 Å². The number of carbonyl (C=O) groups excluding carboxylic acids is 1. The minimum atomic E-state index is -0.340. The Bertz CT molecular complexity index is 712. The first-order chi connectivity index (χ1) is 11.5. The number of H-pyrrole nitrogens is 1. The van der Waals surface area contributed by atoms with Crippen molar-refractivity contribution in [2.45, 2.75) is 46.0 Å². The molecule has 0 saturated heterocycles. The molecule has 1 unspecified atom stereocenters. The van der Waals surface area contributed by atoms with E-state index in [1.165, 1.54) is 5.56 Å². The molecule has 1 atom stereocenters. The minimum Gasteiger partial charge on any atom is -0.356 e. The highest BCUT2D eigenvalue weighted by molar-refractivity contribution is 5.76. The molecule has 2 aromatic rings. The van der Waals surface area contributed by atoms with Crippen molar-refractivity contribution in [1.29, 1.82) is 0 Å². The Morgan fingerprint density at radius 2 is 1.96 bits per heavy atom. The van der Waals surface area contributed by atoms with E-state index < -0.39 is 0 Å². The van der Waals surface area contributed by atoms with Crippen molar-refractivity contribution in [3.63, 3.8) is 0 Å². The molecule has 128 valence electrons. The summed E-state index contributed by atoms with van der Waals surface area (Å²) in [6.45, 7) is 6.47. The van der Waals surface area contributed by atoms with Gasteiger partial charge in [-0.25, -0.2) is 4.79 Å². The highest BCUT2D eigenvalue weighted by atomic mass is 16.1. The number of aryl methyl sites for hydroxylation is 2. The Hall–Kier alpha value is -2.43. The first kappa shape index (κ1) is 17.9. The summed E-state index contributed by atoms with van der Waals surface area (Å²) >= 11 is 0. The smallest absolute Gasteiger partial charge is 0.345 e. The number of nitrogens with zero attached hydrogens (tertiary/aromatic N) is 1. The molecule has 0 aliphatic heterocycles. The van der Waals surface area contributed by atoms with E-state index in [4.69, 9.17) is 0 Å². The predicted molar refractivity (Wildman–Crippen MR) is 95.1 cm³/mol. The molecule has 1 amide bonds. The molecule has 1 aromatic heterocycles. The molecular weight excluding hydrogens is 302 g/mol. The van der Waals surface area contributed by atoms with Crippen LogP contribution in [0.1, 0.15) is 48.2 Å². The predicted octanol–water partition coefficient (Wildman–Crippen LogP) is 2.63. The summed E-state index contributed by atoms with van der Waals surface area (Å²) in [5, 5.41) is 2.97. The summed E-state index contributed by atoms with van der Waals surface area (Å²) in [6, 6.07) is 10.3. The zero-order chi connectivity index (χ0) is 17.5. The number of hydrogen-bond donors (Lipinski definition) is 2. The van der Waals surface area contributed by atoms with Gasteiger partial charge in [0.15, 0.2) is 0 Å². The van der Waals surface area contributed by atoms with Crippen molar-refractivity contribution in [2.75, 3.05) is 6.54 Å². The molecule has 0 aliphatic rings. The van der Waals surface area contributed by atoms with Gasteiger partial charge in [-0.15, -0.1) is 0 Å². The highest BCUT2D eigenvalue weighted by Crippen LogP contribution is 2.17. The van der Waals surface area contributed by atoms with Crippen LogP contribution in [0.4, 0.5) is 0 Å². The number of aromatic nitrogens is 2. The van der Waals surface area contributed by atoms with Crippen molar-refractivity contribution < 1.29 is 4.79 Å². The van der Waals surface area contributed by atoms with Gasteiger partial charge in [0.25, 0.3) is 0 Å². The van der Waals surface area contributed by atoms with Crippen molar-refractivity contribution in [1.82, 2.24) is 15.3 Å². The molecule has 0 aliphatic carbocycles. The van der Waals surface area contributed by atoms with E-state index in [9.17, 15) is 9.59 Å². The van der Waals surface area contributed by atoms with Gasteiger partial charge >= 0.3 is 5.69 Å². The topological polar surface area (TPSA) is 74.8 Å². The average molecular weight is 327 g/mol. The number of carbonyl (C=O) groups is 1. The molecule has 24 heavy (non-hydrogen) atoms. The SMILES string of the molecule is Cc1nc(=O)[nH]c(C)c1CCC(=O)NCCC(C)c1ccccc1. The fraction of sp³-hybridized carbons (Fsp3) is 0.421. The molecule has 1 aromatic carbocycles. The molecule has 2 rings (SSSR count). The van der Waals surface area contributed by atoms with E-state index in [1.807, 2.05) is 25.1 Å². The van der Waals surface area contributed by atoms with Gasteiger partial charge in [-0.05, 0) is 43.7 Å². The second-order valence-corrected chi connectivity index (χ2v) is 6.18. The number of benzene rings is 1. The van der Waals surface area contributed by atoms with Crippen LogP contribution in [-0.4, -0.2) is 22.4 Å². The Morgan fingerprint density at radius 3 is 2.62 bits per heavy atom. The van der Waals surface area contributed by atoms with Gasteiger partial charge in [0, 0.05) is 24.4 Å². The van der Waals surface area contributed by atoms with Crippen LogP contribution in [0.5, 0.6) is 0 Å². The largest absolute Gasteiger partial charge is 0.356 e. The van der Waals surface area contributed by atoms with Crippen molar-refractivity contribution in [3.05, 3.63) is 63.3 Å². The molecule has 2 N–H and O–H groups in total. The van der Waals surface area contributed by atoms with Crippen LogP contribution in [0, 0.1) is 13.8 Å². The second kappa shape index (κ2) is 8.43. The summed E-state index contributed by atoms with van der Waals surface area (Å²) in [7, 11) is 0. The molecule has 1 heterocycles. The third-order valence-corrected chi connectivity index (χ3v) is 4.32. The summed E-state index contributed by atoms with van der Waals surface area (Å²) in [5.41, 5.74) is 3.38. The van der Waals surface area contributed by atoms with Crippen LogP contribution in [-0.2, 0) is 11.2 Å². The Morgan fingerprint density at radius 1 is 1.25 bits per heavy atom. The molecule has 0 saturated carbocycles. The van der Waals surface area contributed by atoms with Gasteiger partial charge < -0.3 is 10.3 Å². The van der Waals surface area contributed by atoms with Gasteiger partial charge in [-0.3, -0.25) is 4.79 Å². The van der Waals surface area contributed by atoms with Gasteiger partial charge in [-0.1, -0.05) is 37.3 Å². The number of nitrogens with one attached hydrogen (secondary N) is 2. The lowest BCUT2D eigenvalue weighted by atomic mass is 9.98. The summed E-state index contributed by atoms with van der Waals surface area (Å²) in [4.78, 5) is 29.9. The molecule has 0 radical (unpaired) electrons. The number of aromatic amines is 1. The van der Waals surface area contributed by atoms with Gasteiger partial charge in [0.2, 0.25) is 5.91 Å². The van der Waals surface area contributed by atoms with Crippen molar-refractivity contribution in [3.8, 4) is 0 Å². The Labute approximate surface area is 142 Å². The quantitative estimate of drug-likeness (QED) is 0.821. The molecule has 0 bridgehead atoms. The first-order valence-electron chi connectivity index (χ1n) is 8.35. The fourth-order valence-corrected chi connectivity index (χ4v) is 2.83. The summed E-state index contributed by atoms with van der Waals surface area (Å²) < 4.78 is 0. The van der Waals surface area contributed by atoms with E-state index in [-0.39, 0.29) is 11.6 Å². The maximum atomic E-state index is 12.0. The van der Waals surface area contributed by atoms with Gasteiger partial charge in [-0.2, -0.15) is 4.98 Å². The molecule has 0 spiro atoms. The summed E-state index contributed by atoms with van der Waals surface area (Å²) in [6.07, 6.45) is 1.89. The van der Waals surface area contributed by atoms with Gasteiger partial charge in [0.05, 0.1) is 0 Å². The summed E-state index contributed by atoms with van der Waals surface area (Å²) in [5.74, 6) is 0.444. The van der Waals surface area contributed by atoms with Crippen molar-refractivity contribution in [2.24, 2.45) is 0 Å². The third kappa shape index (κ3) is 5.05. The normalized spacial score (nSPS) is 12.0. The lowest BCUT2D eigenvalue weighted by Gasteiger charge is -2.13. The number of amides is 1. The lowest BCUT2D eigenvalue weighted by Crippen LogP contribution is -2.26. The van der Waals surface area contributed by atoms with Crippen LogP contribution in [0.15, 0.2) is 35.1 Å². The first-order valence-corrected chi connectivity index (χ1v) is 8.35. The van der Waals surface area contributed by atoms with Crippen LogP contribution in [0.2, 0.25) is 0 Å². The van der Waals surface area contributed by atoms with E-state index in [1.54, 1.807) is 6.92 Å². The maximum Gasteiger partial charge on any atom is 0.345 e. The third-order valence-electron chi connectivity index (χ3n) is 4.32. The van der Waals surface area contributed by atoms with Crippen LogP contribution < -0.4 is 11.0 Å². The highest BCUT2D eigenvalue weighted by Gasteiger charge is 2.10. The molecule has 5 nitrogen and oxygen atoms in total. The zero-order valence-electron chi connectivity index (χ0n) is 14.6. The molecule has 5 heteroatoms. The second-order valence-electron chi connectivity index (χ2n) is 6.18. The minimum absolute atomic E-state index is 0.0280. The van der Waals surface area contributed by atoms with E-state index in [0.29, 0.717) is 31.0 Å². The van der Waals surface area contributed by atoms with E-state index >= 15 is 0 Å². The van der Waals surface area contributed by atoms with Gasteiger partial charge in [0.1, 0.15) is 0 Å². The van der Waals surface area contributed by atoms with E-state index in [0.717, 1.165) is 17.7 Å². The van der Waals surface area contributed by atoms with Crippen LogP contribution in [0.3, 0.4) is 0 Å². The maximum absolute atomic E-state index is 12.0. The van der Waals surface area contributed by atoms with Crippen LogP contribution >= 0.6 is 0 Å². The molecule has 0 fully saturated rings. The average Bonchev–Trinajstić information content (AvgIpc) is 2.54. The Balaban J connectivity index is 1.77. The monoisotopic (exact) mass is 327 g/mol. The number of rotatable bonds is 7. The standard InChI is InChI=1S/C19H25N3O2/c1-13(16-7-5-4-6-8-16)11-12-20-18(23)10-9-17-14(2)21-19(24)22-15(17)3/h4-8,13H,9-12H2,1-3H3,(H,20,23)(H,21,22,24).